The fourth-order valence-electron chi connectivity index (χ4n) is 1.45. The maximum absolute atomic E-state index is 13.1. The number of rotatable bonds is 5. The molecule has 0 amide bonds. The van der Waals surface area contributed by atoms with Gasteiger partial charge in [-0.05, 0) is 12.8 Å². The molecule has 3 nitrogen and oxygen atoms in total. The van der Waals surface area contributed by atoms with Crippen LogP contribution in [0.5, 0.6) is 0 Å². The van der Waals surface area contributed by atoms with Crippen molar-refractivity contribution in [2.24, 2.45) is 5.10 Å². The Labute approximate surface area is 79.1 Å². The topological polar surface area (TPSA) is 18.8 Å². The van der Waals surface area contributed by atoms with Gasteiger partial charge in [0.15, 0.2) is 0 Å². The molecule has 0 fully saturated rings. The monoisotopic (exact) mass is 187 g/mol. The maximum Gasteiger partial charge on any atom is 0.149 e. The molecule has 1 heterocycles. The molecule has 0 spiro atoms. The molecule has 1 unspecified atom stereocenters. The fourth-order valence-corrected chi connectivity index (χ4v) is 1.45. The lowest BCUT2D eigenvalue weighted by atomic mass is 10.2. The Morgan fingerprint density at radius 2 is 2.15 bits per heavy atom. The minimum Gasteiger partial charge on any atom is -0.270 e. The van der Waals surface area contributed by atoms with Crippen LogP contribution in [0, 0.1) is 0 Å². The van der Waals surface area contributed by atoms with Gasteiger partial charge in [-0.15, -0.1) is 0 Å². The SMILES string of the molecule is CCCCN1N=CN(F)C1CCC. The van der Waals surface area contributed by atoms with Gasteiger partial charge in [-0.1, -0.05) is 31.2 Å². The Hall–Kier alpha value is -0.800. The molecule has 0 aromatic heterocycles. The van der Waals surface area contributed by atoms with Crippen molar-refractivity contribution >= 4 is 6.34 Å². The van der Waals surface area contributed by atoms with Crippen LogP contribution in [-0.2, 0) is 0 Å². The van der Waals surface area contributed by atoms with E-state index in [9.17, 15) is 4.48 Å². The van der Waals surface area contributed by atoms with E-state index in [1.165, 1.54) is 6.34 Å². The second-order valence-corrected chi connectivity index (χ2v) is 3.36. The zero-order chi connectivity index (χ0) is 9.68. The van der Waals surface area contributed by atoms with Crippen LogP contribution in [0.4, 0.5) is 4.48 Å². The number of hydrazone groups is 1. The van der Waals surface area contributed by atoms with E-state index in [1.54, 1.807) is 0 Å². The average Bonchev–Trinajstić information content (AvgIpc) is 2.46. The number of halogens is 1. The molecule has 0 aromatic rings. The lowest BCUT2D eigenvalue weighted by Crippen LogP contribution is -2.35. The normalized spacial score (nSPS) is 21.6. The number of hydrogen-bond donors (Lipinski definition) is 0. The molecule has 1 aliphatic heterocycles. The molecule has 0 aromatic carbocycles. The Kier molecular flexibility index (Phi) is 3.99. The largest absolute Gasteiger partial charge is 0.270 e. The van der Waals surface area contributed by atoms with E-state index in [0.717, 1.165) is 32.2 Å². The predicted molar refractivity (Wildman–Crippen MR) is 51.7 cm³/mol. The van der Waals surface area contributed by atoms with Gasteiger partial charge >= 0.3 is 0 Å². The van der Waals surface area contributed by atoms with E-state index in [0.29, 0.717) is 5.12 Å². The minimum absolute atomic E-state index is 0.156. The van der Waals surface area contributed by atoms with Crippen molar-refractivity contribution in [3.63, 3.8) is 0 Å². The van der Waals surface area contributed by atoms with Crippen LogP contribution in [0.25, 0.3) is 0 Å². The number of nitrogens with zero attached hydrogens (tertiary/aromatic N) is 3. The predicted octanol–water partition coefficient (Wildman–Crippen LogP) is 2.36. The molecule has 1 rings (SSSR count). The first-order chi connectivity index (χ1) is 6.29. The van der Waals surface area contributed by atoms with Crippen LogP contribution >= 0.6 is 0 Å². The summed E-state index contributed by atoms with van der Waals surface area (Å²) in [5.41, 5.74) is 0. The first-order valence-corrected chi connectivity index (χ1v) is 5.04. The minimum atomic E-state index is -0.156. The first kappa shape index (κ1) is 10.3. The summed E-state index contributed by atoms with van der Waals surface area (Å²) >= 11 is 0. The Morgan fingerprint density at radius 1 is 1.38 bits per heavy atom. The van der Waals surface area contributed by atoms with E-state index in [-0.39, 0.29) is 6.17 Å². The molecule has 0 saturated heterocycles. The van der Waals surface area contributed by atoms with Crippen molar-refractivity contribution in [1.29, 1.82) is 0 Å². The van der Waals surface area contributed by atoms with E-state index in [2.05, 4.69) is 18.9 Å². The summed E-state index contributed by atoms with van der Waals surface area (Å²) in [6.45, 7) is 5.05. The molecule has 76 valence electrons. The molecule has 1 atom stereocenters. The van der Waals surface area contributed by atoms with Gasteiger partial charge in [0.1, 0.15) is 12.5 Å². The van der Waals surface area contributed by atoms with Crippen LogP contribution in [-0.4, -0.2) is 29.2 Å². The standard InChI is InChI=1S/C9H18FN3/c1-3-5-7-13-9(6-4-2)12(10)8-11-13/h8-9H,3-7H2,1-2H3. The summed E-state index contributed by atoms with van der Waals surface area (Å²) < 4.78 is 13.1. The second-order valence-electron chi connectivity index (χ2n) is 3.36. The summed E-state index contributed by atoms with van der Waals surface area (Å²) in [5, 5.41) is 6.56. The highest BCUT2D eigenvalue weighted by Gasteiger charge is 2.26. The van der Waals surface area contributed by atoms with E-state index >= 15 is 0 Å². The van der Waals surface area contributed by atoms with Gasteiger partial charge in [0.2, 0.25) is 0 Å². The van der Waals surface area contributed by atoms with Crippen molar-refractivity contribution < 1.29 is 4.48 Å². The summed E-state index contributed by atoms with van der Waals surface area (Å²) in [7, 11) is 0. The molecule has 0 aliphatic carbocycles. The van der Waals surface area contributed by atoms with Crippen molar-refractivity contribution in [3.05, 3.63) is 0 Å². The van der Waals surface area contributed by atoms with Crippen molar-refractivity contribution in [1.82, 2.24) is 10.1 Å². The number of unbranched alkanes of at least 4 members (excludes halogenated alkanes) is 1. The van der Waals surface area contributed by atoms with E-state index in [4.69, 9.17) is 0 Å². The molecule has 13 heavy (non-hydrogen) atoms. The molecular weight excluding hydrogens is 169 g/mol. The highest BCUT2D eigenvalue weighted by Crippen LogP contribution is 2.17. The first-order valence-electron chi connectivity index (χ1n) is 5.04. The van der Waals surface area contributed by atoms with Crippen molar-refractivity contribution in [2.75, 3.05) is 6.54 Å². The third kappa shape index (κ3) is 2.57. The van der Waals surface area contributed by atoms with Crippen molar-refractivity contribution in [2.45, 2.75) is 45.7 Å². The quantitative estimate of drug-likeness (QED) is 0.615. The van der Waals surface area contributed by atoms with E-state index < -0.39 is 0 Å². The van der Waals surface area contributed by atoms with Gasteiger partial charge < -0.3 is 0 Å². The average molecular weight is 187 g/mol. The second kappa shape index (κ2) is 5.04. The summed E-state index contributed by atoms with van der Waals surface area (Å²) in [6, 6.07) is 0. The van der Waals surface area contributed by atoms with Gasteiger partial charge in [0.05, 0.1) is 0 Å². The zero-order valence-corrected chi connectivity index (χ0v) is 8.41. The third-order valence-electron chi connectivity index (χ3n) is 2.23. The summed E-state index contributed by atoms with van der Waals surface area (Å²) in [6.07, 6.45) is 5.13. The van der Waals surface area contributed by atoms with Gasteiger partial charge in [0, 0.05) is 6.54 Å². The fraction of sp³-hybridized carbons (Fsp3) is 0.889. The molecule has 0 bridgehead atoms. The third-order valence-corrected chi connectivity index (χ3v) is 2.23. The smallest absolute Gasteiger partial charge is 0.149 e. The van der Waals surface area contributed by atoms with Gasteiger partial charge in [-0.3, -0.25) is 5.01 Å². The molecule has 0 N–H and O–H groups in total. The number of hydrogen-bond acceptors (Lipinski definition) is 3. The summed E-state index contributed by atoms with van der Waals surface area (Å²) in [4.78, 5) is 0. The molecule has 0 radical (unpaired) electrons. The highest BCUT2D eigenvalue weighted by molar-refractivity contribution is 5.55. The van der Waals surface area contributed by atoms with Crippen LogP contribution in [0.3, 0.4) is 0 Å². The van der Waals surface area contributed by atoms with Crippen LogP contribution in [0.15, 0.2) is 5.10 Å². The summed E-state index contributed by atoms with van der Waals surface area (Å²) in [5.74, 6) is 0. The maximum atomic E-state index is 13.1. The highest BCUT2D eigenvalue weighted by atomic mass is 19.2. The molecular formula is C9H18FN3. The van der Waals surface area contributed by atoms with Gasteiger partial charge in [-0.2, -0.15) is 10.2 Å². The zero-order valence-electron chi connectivity index (χ0n) is 8.41. The van der Waals surface area contributed by atoms with Gasteiger partial charge in [0.25, 0.3) is 0 Å². The van der Waals surface area contributed by atoms with Crippen LogP contribution in [0.2, 0.25) is 0 Å². The van der Waals surface area contributed by atoms with Crippen LogP contribution < -0.4 is 0 Å². The molecule has 4 heteroatoms. The lowest BCUT2D eigenvalue weighted by Gasteiger charge is -2.24. The van der Waals surface area contributed by atoms with E-state index in [1.807, 2.05) is 5.01 Å². The Bertz CT molecular complexity index is 172. The Balaban J connectivity index is 2.38. The lowest BCUT2D eigenvalue weighted by molar-refractivity contribution is -0.000666. The van der Waals surface area contributed by atoms with Crippen molar-refractivity contribution in [3.8, 4) is 0 Å². The molecule has 1 aliphatic rings. The van der Waals surface area contributed by atoms with Crippen LogP contribution in [0.1, 0.15) is 39.5 Å². The Morgan fingerprint density at radius 3 is 2.77 bits per heavy atom. The molecule has 0 saturated carbocycles. The van der Waals surface area contributed by atoms with Gasteiger partial charge in [-0.25, -0.2) is 0 Å².